The molecule has 3 amide bonds. The second-order valence-electron chi connectivity index (χ2n) is 6.44. The lowest BCUT2D eigenvalue weighted by atomic mass is 10.1. The van der Waals surface area contributed by atoms with E-state index >= 15 is 0 Å². The van der Waals surface area contributed by atoms with Crippen LogP contribution in [0.4, 0.5) is 13.2 Å². The molecule has 0 unspecified atom stereocenters. The summed E-state index contributed by atoms with van der Waals surface area (Å²) < 4.78 is 38.4. The summed E-state index contributed by atoms with van der Waals surface area (Å²) in [7, 11) is 0. The van der Waals surface area contributed by atoms with E-state index in [4.69, 9.17) is 0 Å². The molecule has 2 N–H and O–H groups in total. The van der Waals surface area contributed by atoms with Crippen LogP contribution >= 0.6 is 0 Å². The molecule has 9 heteroatoms. The molecule has 1 aromatic rings. The van der Waals surface area contributed by atoms with Gasteiger partial charge in [0.05, 0.1) is 18.0 Å². The van der Waals surface area contributed by atoms with E-state index in [2.05, 4.69) is 10.6 Å². The Morgan fingerprint density at radius 2 is 2.00 bits per heavy atom. The van der Waals surface area contributed by atoms with Crippen LogP contribution in [0.2, 0.25) is 0 Å². The Kier molecular flexibility index (Phi) is 6.81. The maximum Gasteiger partial charge on any atom is 0.416 e. The van der Waals surface area contributed by atoms with Crippen molar-refractivity contribution in [2.24, 2.45) is 5.92 Å². The molecule has 1 heterocycles. The van der Waals surface area contributed by atoms with E-state index in [0.29, 0.717) is 12.1 Å². The van der Waals surface area contributed by atoms with Crippen LogP contribution in [0.5, 0.6) is 0 Å². The minimum absolute atomic E-state index is 0.00349. The van der Waals surface area contributed by atoms with Crippen molar-refractivity contribution < 1.29 is 27.6 Å². The Balaban J connectivity index is 1.90. The number of nitrogens with one attached hydrogen (secondary N) is 2. The normalized spacial score (nSPS) is 17.1. The van der Waals surface area contributed by atoms with Gasteiger partial charge in [0.2, 0.25) is 17.7 Å². The molecule has 1 saturated heterocycles. The Labute approximate surface area is 155 Å². The predicted octanol–water partition coefficient (Wildman–Crippen LogP) is 1.70. The maximum absolute atomic E-state index is 12.8. The topological polar surface area (TPSA) is 78.5 Å². The molecule has 1 aliphatic rings. The third-order valence-electron chi connectivity index (χ3n) is 4.21. The van der Waals surface area contributed by atoms with E-state index in [1.807, 2.05) is 6.92 Å². The summed E-state index contributed by atoms with van der Waals surface area (Å²) in [6, 6.07) is 4.76. The lowest BCUT2D eigenvalue weighted by Gasteiger charge is -2.17. The van der Waals surface area contributed by atoms with Gasteiger partial charge < -0.3 is 15.5 Å². The monoisotopic (exact) mass is 385 g/mol. The number of alkyl halides is 3. The average Bonchev–Trinajstić information content (AvgIpc) is 2.98. The summed E-state index contributed by atoms with van der Waals surface area (Å²) in [5, 5.41) is 5.11. The molecule has 0 spiro atoms. The molecule has 148 valence electrons. The zero-order valence-electron chi connectivity index (χ0n) is 14.9. The van der Waals surface area contributed by atoms with Gasteiger partial charge in [-0.3, -0.25) is 14.4 Å². The third-order valence-corrected chi connectivity index (χ3v) is 4.21. The third kappa shape index (κ3) is 5.97. The molecule has 0 saturated carbocycles. The molecule has 2 rings (SSSR count). The Morgan fingerprint density at radius 3 is 2.67 bits per heavy atom. The smallest absolute Gasteiger partial charge is 0.355 e. The van der Waals surface area contributed by atoms with Gasteiger partial charge in [-0.1, -0.05) is 19.1 Å². The number of amides is 3. The number of benzene rings is 1. The van der Waals surface area contributed by atoms with Crippen molar-refractivity contribution in [2.45, 2.75) is 32.5 Å². The molecular formula is C18H22F3N3O3. The van der Waals surface area contributed by atoms with E-state index < -0.39 is 23.6 Å². The number of rotatable bonds is 7. The van der Waals surface area contributed by atoms with Gasteiger partial charge in [0.15, 0.2) is 0 Å². The number of hydrogen-bond acceptors (Lipinski definition) is 3. The molecular weight excluding hydrogens is 363 g/mol. The Bertz CT molecular complexity index is 707. The van der Waals surface area contributed by atoms with Crippen molar-refractivity contribution >= 4 is 17.7 Å². The van der Waals surface area contributed by atoms with Crippen LogP contribution in [0, 0.1) is 5.92 Å². The summed E-state index contributed by atoms with van der Waals surface area (Å²) >= 11 is 0. The van der Waals surface area contributed by atoms with Crippen molar-refractivity contribution in [3.05, 3.63) is 35.4 Å². The summed E-state index contributed by atoms with van der Waals surface area (Å²) in [6.07, 6.45) is -3.70. The number of nitrogens with zero attached hydrogens (tertiary/aromatic N) is 1. The summed E-state index contributed by atoms with van der Waals surface area (Å²) in [5.41, 5.74) is -0.433. The van der Waals surface area contributed by atoms with Crippen molar-refractivity contribution in [2.75, 3.05) is 19.6 Å². The van der Waals surface area contributed by atoms with Crippen molar-refractivity contribution in [3.8, 4) is 0 Å². The van der Waals surface area contributed by atoms with Crippen LogP contribution in [-0.4, -0.2) is 42.3 Å². The first-order chi connectivity index (χ1) is 12.7. The van der Waals surface area contributed by atoms with Crippen LogP contribution < -0.4 is 10.6 Å². The molecule has 1 atom stereocenters. The Morgan fingerprint density at radius 1 is 1.26 bits per heavy atom. The molecule has 0 aliphatic carbocycles. The van der Waals surface area contributed by atoms with Gasteiger partial charge in [0.1, 0.15) is 0 Å². The molecule has 1 aliphatic heterocycles. The lowest BCUT2D eigenvalue weighted by Crippen LogP contribution is -2.40. The summed E-state index contributed by atoms with van der Waals surface area (Å²) in [6.45, 7) is 2.36. The fourth-order valence-electron chi connectivity index (χ4n) is 2.81. The lowest BCUT2D eigenvalue weighted by molar-refractivity contribution is -0.137. The minimum atomic E-state index is -4.45. The molecule has 27 heavy (non-hydrogen) atoms. The van der Waals surface area contributed by atoms with E-state index in [-0.39, 0.29) is 37.9 Å². The molecule has 1 fully saturated rings. The highest BCUT2D eigenvalue weighted by Crippen LogP contribution is 2.30. The number of halogens is 3. The van der Waals surface area contributed by atoms with Gasteiger partial charge in [0.25, 0.3) is 0 Å². The second kappa shape index (κ2) is 8.88. The minimum Gasteiger partial charge on any atom is -0.355 e. The zero-order chi connectivity index (χ0) is 20.0. The molecule has 0 aromatic heterocycles. The highest BCUT2D eigenvalue weighted by molar-refractivity contribution is 5.91. The maximum atomic E-state index is 12.8. The first-order valence-electron chi connectivity index (χ1n) is 8.69. The first-order valence-corrected chi connectivity index (χ1v) is 8.69. The highest BCUT2D eigenvalue weighted by Gasteiger charge is 2.35. The largest absolute Gasteiger partial charge is 0.416 e. The van der Waals surface area contributed by atoms with Crippen LogP contribution in [0.1, 0.15) is 30.9 Å². The standard InChI is InChI=1S/C18H22F3N3O3/c1-2-6-22-15(25)9-23-17(27)13-8-16(26)24(11-13)10-12-4-3-5-14(7-12)18(19,20)21/h3-5,7,13H,2,6,8-11H2,1H3,(H,22,25)(H,23,27)/t13-/m1/s1. The molecule has 0 bridgehead atoms. The fraction of sp³-hybridized carbons (Fsp3) is 0.500. The number of carbonyl (C=O) groups is 3. The van der Waals surface area contributed by atoms with E-state index in [0.717, 1.165) is 18.6 Å². The molecule has 1 aromatic carbocycles. The second-order valence-corrected chi connectivity index (χ2v) is 6.44. The first kappa shape index (κ1) is 20.7. The highest BCUT2D eigenvalue weighted by atomic mass is 19.4. The summed E-state index contributed by atoms with van der Waals surface area (Å²) in [4.78, 5) is 37.1. The Hall–Kier alpha value is -2.58. The number of hydrogen-bond donors (Lipinski definition) is 2. The number of carbonyl (C=O) groups excluding carboxylic acids is 3. The fourth-order valence-corrected chi connectivity index (χ4v) is 2.81. The average molecular weight is 385 g/mol. The van der Waals surface area contributed by atoms with Gasteiger partial charge in [-0.25, -0.2) is 0 Å². The van der Waals surface area contributed by atoms with Gasteiger partial charge in [0, 0.05) is 26.1 Å². The van der Waals surface area contributed by atoms with E-state index in [9.17, 15) is 27.6 Å². The van der Waals surface area contributed by atoms with Gasteiger partial charge in [-0.05, 0) is 24.1 Å². The number of likely N-dealkylation sites (tertiary alicyclic amines) is 1. The van der Waals surface area contributed by atoms with E-state index in [1.54, 1.807) is 0 Å². The SMILES string of the molecule is CCCNC(=O)CNC(=O)[C@@H]1CC(=O)N(Cc2cccc(C(F)(F)F)c2)C1. The molecule has 6 nitrogen and oxygen atoms in total. The van der Waals surface area contributed by atoms with Crippen molar-refractivity contribution in [1.29, 1.82) is 0 Å². The molecule has 0 radical (unpaired) electrons. The van der Waals surface area contributed by atoms with Crippen molar-refractivity contribution in [1.82, 2.24) is 15.5 Å². The van der Waals surface area contributed by atoms with Gasteiger partial charge in [-0.2, -0.15) is 13.2 Å². The predicted molar refractivity (Wildman–Crippen MR) is 91.3 cm³/mol. The van der Waals surface area contributed by atoms with Crippen LogP contribution in [-0.2, 0) is 27.1 Å². The van der Waals surface area contributed by atoms with Gasteiger partial charge in [-0.15, -0.1) is 0 Å². The summed E-state index contributed by atoms with van der Waals surface area (Å²) in [5.74, 6) is -1.65. The van der Waals surface area contributed by atoms with Crippen LogP contribution in [0.25, 0.3) is 0 Å². The van der Waals surface area contributed by atoms with Crippen LogP contribution in [0.15, 0.2) is 24.3 Å². The van der Waals surface area contributed by atoms with Gasteiger partial charge >= 0.3 is 6.18 Å². The van der Waals surface area contributed by atoms with E-state index in [1.165, 1.54) is 17.0 Å². The van der Waals surface area contributed by atoms with Crippen LogP contribution in [0.3, 0.4) is 0 Å². The zero-order valence-corrected chi connectivity index (χ0v) is 14.9. The van der Waals surface area contributed by atoms with Crippen molar-refractivity contribution in [3.63, 3.8) is 0 Å². The quantitative estimate of drug-likeness (QED) is 0.750.